The van der Waals surface area contributed by atoms with Gasteiger partial charge in [-0.25, -0.2) is 4.79 Å². The van der Waals surface area contributed by atoms with Crippen molar-refractivity contribution in [2.75, 3.05) is 57.9 Å². The van der Waals surface area contributed by atoms with Gasteiger partial charge in [-0.3, -0.25) is 9.69 Å². The molecule has 1 aliphatic carbocycles. The lowest BCUT2D eigenvalue weighted by Crippen LogP contribution is -2.41. The van der Waals surface area contributed by atoms with Crippen molar-refractivity contribution in [3.05, 3.63) is 16.0 Å². The molecule has 1 aromatic rings. The van der Waals surface area contributed by atoms with Crippen LogP contribution in [-0.4, -0.2) is 69.3 Å². The van der Waals surface area contributed by atoms with Gasteiger partial charge in [-0.1, -0.05) is 6.92 Å². The van der Waals surface area contributed by atoms with Crippen LogP contribution in [0, 0.1) is 5.92 Å². The van der Waals surface area contributed by atoms with E-state index in [-0.39, 0.29) is 18.4 Å². The Hall–Kier alpha value is -1.48. The number of carbonyl (C=O) groups excluding carboxylic acids is 2. The molecule has 1 atom stereocenters. The Morgan fingerprint density at radius 2 is 2.11 bits per heavy atom. The molecular weight excluding hydrogens is 378 g/mol. The third-order valence-electron chi connectivity index (χ3n) is 5.24. The number of hydrogen-bond donors (Lipinski definition) is 2. The van der Waals surface area contributed by atoms with Crippen molar-refractivity contribution in [3.63, 3.8) is 0 Å². The highest BCUT2D eigenvalue weighted by atomic mass is 32.1. The first kappa shape index (κ1) is 21.2. The molecule has 8 heteroatoms. The first-order valence-corrected chi connectivity index (χ1v) is 11.0. The number of hydrogen-bond acceptors (Lipinski definition) is 7. The zero-order valence-corrected chi connectivity index (χ0v) is 17.7. The molecule has 1 amide bonds. The molecule has 0 aromatic carbocycles. The van der Waals surface area contributed by atoms with Gasteiger partial charge >= 0.3 is 5.97 Å². The van der Waals surface area contributed by atoms with E-state index in [4.69, 9.17) is 9.47 Å². The number of nitrogens with zero attached hydrogens (tertiary/aromatic N) is 1. The van der Waals surface area contributed by atoms with E-state index in [1.54, 1.807) is 6.92 Å². The standard InChI is InChI=1S/C20H31N3O4S/c1-3-27-20(25)18-15-5-4-14(2)12-16(15)28-19(18)22-17(24)13-21-6-7-23-8-10-26-11-9-23/h14,21H,3-13H2,1-2H3,(H,22,24)/t14-/m1/s1. The van der Waals surface area contributed by atoms with E-state index in [0.29, 0.717) is 23.1 Å². The first-order chi connectivity index (χ1) is 13.6. The van der Waals surface area contributed by atoms with E-state index in [0.717, 1.165) is 64.2 Å². The highest BCUT2D eigenvalue weighted by Crippen LogP contribution is 2.40. The van der Waals surface area contributed by atoms with E-state index in [1.165, 1.54) is 16.2 Å². The fraction of sp³-hybridized carbons (Fsp3) is 0.700. The van der Waals surface area contributed by atoms with Crippen LogP contribution in [0.5, 0.6) is 0 Å². The van der Waals surface area contributed by atoms with Gasteiger partial charge in [0.1, 0.15) is 5.00 Å². The number of carbonyl (C=O) groups is 2. The topological polar surface area (TPSA) is 79.9 Å². The molecular formula is C20H31N3O4S. The molecule has 156 valence electrons. The fourth-order valence-electron chi connectivity index (χ4n) is 3.69. The minimum atomic E-state index is -0.329. The van der Waals surface area contributed by atoms with Gasteiger partial charge in [0.15, 0.2) is 0 Å². The Kier molecular flexibility index (Phi) is 7.84. The Bertz CT molecular complexity index is 685. The number of anilines is 1. The molecule has 2 aliphatic rings. The lowest BCUT2D eigenvalue weighted by Gasteiger charge is -2.26. The molecule has 0 unspecified atom stereocenters. The van der Waals surface area contributed by atoms with Gasteiger partial charge in [0.2, 0.25) is 5.91 Å². The van der Waals surface area contributed by atoms with Crippen LogP contribution in [0.1, 0.15) is 41.1 Å². The molecule has 28 heavy (non-hydrogen) atoms. The molecule has 0 spiro atoms. The summed E-state index contributed by atoms with van der Waals surface area (Å²) in [5, 5.41) is 6.77. The van der Waals surface area contributed by atoms with Crippen LogP contribution in [0.2, 0.25) is 0 Å². The van der Waals surface area contributed by atoms with Crippen LogP contribution in [0.25, 0.3) is 0 Å². The minimum Gasteiger partial charge on any atom is -0.462 e. The summed E-state index contributed by atoms with van der Waals surface area (Å²) in [4.78, 5) is 28.4. The zero-order valence-electron chi connectivity index (χ0n) is 16.8. The maximum atomic E-state index is 12.5. The van der Waals surface area contributed by atoms with E-state index in [9.17, 15) is 9.59 Å². The van der Waals surface area contributed by atoms with Gasteiger partial charge < -0.3 is 20.1 Å². The molecule has 1 aromatic heterocycles. The van der Waals surface area contributed by atoms with Crippen LogP contribution in [0.4, 0.5) is 5.00 Å². The summed E-state index contributed by atoms with van der Waals surface area (Å²) in [5.74, 6) is 0.149. The Labute approximate surface area is 170 Å². The molecule has 0 saturated carbocycles. The van der Waals surface area contributed by atoms with Gasteiger partial charge in [-0.05, 0) is 37.7 Å². The second-order valence-corrected chi connectivity index (χ2v) is 8.56. The van der Waals surface area contributed by atoms with E-state index in [1.807, 2.05) is 0 Å². The van der Waals surface area contributed by atoms with E-state index >= 15 is 0 Å². The van der Waals surface area contributed by atoms with E-state index < -0.39 is 0 Å². The smallest absolute Gasteiger partial charge is 0.341 e. The van der Waals surface area contributed by atoms with Crippen LogP contribution in [-0.2, 0) is 27.1 Å². The highest BCUT2D eigenvalue weighted by molar-refractivity contribution is 7.17. The number of morpholine rings is 1. The van der Waals surface area contributed by atoms with Crippen molar-refractivity contribution in [2.24, 2.45) is 5.92 Å². The minimum absolute atomic E-state index is 0.126. The number of amides is 1. The summed E-state index contributed by atoms with van der Waals surface area (Å²) in [6.45, 7) is 9.66. The zero-order chi connectivity index (χ0) is 19.9. The number of nitrogens with one attached hydrogen (secondary N) is 2. The molecule has 0 bridgehead atoms. The summed E-state index contributed by atoms with van der Waals surface area (Å²) in [6, 6.07) is 0. The maximum Gasteiger partial charge on any atom is 0.341 e. The van der Waals surface area contributed by atoms with Crippen LogP contribution < -0.4 is 10.6 Å². The molecule has 0 radical (unpaired) electrons. The summed E-state index contributed by atoms with van der Waals surface area (Å²) in [5.41, 5.74) is 1.63. The van der Waals surface area contributed by atoms with Gasteiger partial charge in [-0.15, -0.1) is 11.3 Å². The van der Waals surface area contributed by atoms with Crippen LogP contribution in [0.3, 0.4) is 0 Å². The number of esters is 1. The molecule has 1 aliphatic heterocycles. The SMILES string of the molecule is CCOC(=O)c1c(NC(=O)CNCCN2CCOCC2)sc2c1CC[C@@H](C)C2. The normalized spacial score (nSPS) is 19.9. The highest BCUT2D eigenvalue weighted by Gasteiger charge is 2.29. The Balaban J connectivity index is 1.56. The summed E-state index contributed by atoms with van der Waals surface area (Å²) in [6.07, 6.45) is 2.89. The lowest BCUT2D eigenvalue weighted by atomic mass is 9.88. The molecule has 1 fully saturated rings. The van der Waals surface area contributed by atoms with Gasteiger partial charge in [0, 0.05) is 31.1 Å². The Morgan fingerprint density at radius 1 is 1.32 bits per heavy atom. The van der Waals surface area contributed by atoms with Crippen molar-refractivity contribution in [3.8, 4) is 0 Å². The molecule has 2 heterocycles. The Morgan fingerprint density at radius 3 is 2.86 bits per heavy atom. The quantitative estimate of drug-likeness (QED) is 0.504. The predicted molar refractivity (Wildman–Crippen MR) is 110 cm³/mol. The lowest BCUT2D eigenvalue weighted by molar-refractivity contribution is -0.115. The van der Waals surface area contributed by atoms with Crippen LogP contribution in [0.15, 0.2) is 0 Å². The second kappa shape index (κ2) is 10.3. The predicted octanol–water partition coefficient (Wildman–Crippen LogP) is 1.91. The molecule has 7 nitrogen and oxygen atoms in total. The number of ether oxygens (including phenoxy) is 2. The average molecular weight is 410 g/mol. The first-order valence-electron chi connectivity index (χ1n) is 10.2. The van der Waals surface area contributed by atoms with Crippen molar-refractivity contribution >= 4 is 28.2 Å². The number of fused-ring (bicyclic) bond motifs is 1. The van der Waals surface area contributed by atoms with Crippen LogP contribution >= 0.6 is 11.3 Å². The third kappa shape index (κ3) is 5.53. The van der Waals surface area contributed by atoms with Crippen molar-refractivity contribution in [1.29, 1.82) is 0 Å². The van der Waals surface area contributed by atoms with Gasteiger partial charge in [0.25, 0.3) is 0 Å². The summed E-state index contributed by atoms with van der Waals surface area (Å²) >= 11 is 1.53. The molecule has 3 rings (SSSR count). The summed E-state index contributed by atoms with van der Waals surface area (Å²) in [7, 11) is 0. The summed E-state index contributed by atoms with van der Waals surface area (Å²) < 4.78 is 10.6. The molecule has 1 saturated heterocycles. The van der Waals surface area contributed by atoms with Gasteiger partial charge in [-0.2, -0.15) is 0 Å². The van der Waals surface area contributed by atoms with Crippen molar-refractivity contribution < 1.29 is 19.1 Å². The third-order valence-corrected chi connectivity index (χ3v) is 6.41. The molecule has 2 N–H and O–H groups in total. The monoisotopic (exact) mass is 409 g/mol. The fourth-order valence-corrected chi connectivity index (χ4v) is 5.11. The maximum absolute atomic E-state index is 12.5. The number of thiophene rings is 1. The number of rotatable bonds is 8. The van der Waals surface area contributed by atoms with Crippen molar-refractivity contribution in [2.45, 2.75) is 33.1 Å². The second-order valence-electron chi connectivity index (χ2n) is 7.46. The van der Waals surface area contributed by atoms with Crippen molar-refractivity contribution in [1.82, 2.24) is 10.2 Å². The van der Waals surface area contributed by atoms with Gasteiger partial charge in [0.05, 0.1) is 31.9 Å². The largest absolute Gasteiger partial charge is 0.462 e. The average Bonchev–Trinajstić information content (AvgIpc) is 3.03. The van der Waals surface area contributed by atoms with E-state index in [2.05, 4.69) is 22.5 Å².